The summed E-state index contributed by atoms with van der Waals surface area (Å²) in [6.45, 7) is 26.2. The number of halogens is 2. The van der Waals surface area contributed by atoms with E-state index in [1.807, 2.05) is 39.8 Å². The van der Waals surface area contributed by atoms with Crippen molar-refractivity contribution in [1.82, 2.24) is 10.6 Å². The summed E-state index contributed by atoms with van der Waals surface area (Å²) in [7, 11) is 2.86. The molecule has 14 heteroatoms. The molecule has 12 nitrogen and oxygen atoms in total. The smallest absolute Gasteiger partial charge is 0.311 e. The van der Waals surface area contributed by atoms with Crippen LogP contribution < -0.4 is 10.6 Å². The van der Waals surface area contributed by atoms with Gasteiger partial charge in [-0.15, -0.1) is 0 Å². The first-order chi connectivity index (χ1) is 35.2. The minimum Gasteiger partial charge on any atom is -0.469 e. The van der Waals surface area contributed by atoms with Crippen LogP contribution in [0.25, 0.3) is 0 Å². The van der Waals surface area contributed by atoms with Gasteiger partial charge in [0.05, 0.1) is 49.5 Å². The van der Waals surface area contributed by atoms with Crippen LogP contribution in [0.5, 0.6) is 0 Å². The molecule has 6 atom stereocenters. The molecular formula is C62H92Cl2N2O10. The van der Waals surface area contributed by atoms with E-state index < -0.39 is 32.9 Å². The van der Waals surface area contributed by atoms with Crippen LogP contribution in [0.4, 0.5) is 0 Å². The first-order valence-corrected chi connectivity index (χ1v) is 28.8. The van der Waals surface area contributed by atoms with Gasteiger partial charge in [-0.1, -0.05) is 103 Å². The standard InChI is InChI=1S/2C31H46ClNO5/c2*1-20-23(16-34)31(19-38-28(20,5)6,22-9-8-21(24(32)14-22)10-11-27(2,3)4)15-25(35)33-30-13-12-29(17-30,18-30)26(36)37-7/h2*8-9,14,20,23,34H,10-13,15-19H2,1-7H3,(H,33,35)/t20?,23?,29?,30?,31-;/m1./s1. The zero-order valence-corrected chi connectivity index (χ0v) is 49.9. The first-order valence-electron chi connectivity index (χ1n) is 28.1. The SMILES string of the molecule is COC(=O)C12CCC(NC(=O)CC3(c4ccc(CCC(C)(C)C)c(Cl)c4)COC(C)(C)C(C)C3CO)(C1)C2.COC(=O)C12CCC(NC(=O)C[C@]3(c4ccc(CCC(C)(C)C)c(Cl)c4)COC(C)(C)C(C)C3CO)(C1)C2. The zero-order chi connectivity index (χ0) is 56.3. The number of amides is 2. The molecule has 4 N–H and O–H groups in total. The van der Waals surface area contributed by atoms with Gasteiger partial charge in [0.15, 0.2) is 0 Å². The van der Waals surface area contributed by atoms with Crippen LogP contribution in [0.3, 0.4) is 0 Å². The first kappa shape index (κ1) is 60.4. The van der Waals surface area contributed by atoms with Crippen LogP contribution in [0.2, 0.25) is 10.0 Å². The number of aliphatic hydroxyl groups is 2. The Morgan fingerprint density at radius 3 is 1.24 bits per heavy atom. The Kier molecular flexibility index (Phi) is 17.2. The molecule has 2 aromatic rings. The van der Waals surface area contributed by atoms with Crippen molar-refractivity contribution in [1.29, 1.82) is 0 Å². The van der Waals surface area contributed by atoms with Crippen LogP contribution >= 0.6 is 23.2 Å². The maximum Gasteiger partial charge on any atom is 0.311 e. The van der Waals surface area contributed by atoms with Crippen LogP contribution in [-0.2, 0) is 61.8 Å². The highest BCUT2D eigenvalue weighted by molar-refractivity contribution is 6.31. The summed E-state index contributed by atoms with van der Waals surface area (Å²) in [4.78, 5) is 52.0. The molecule has 2 saturated heterocycles. The third-order valence-corrected chi connectivity index (χ3v) is 20.7. The minimum atomic E-state index is -0.724. The Morgan fingerprint density at radius 1 is 0.605 bits per heavy atom. The fraction of sp³-hybridized carbons (Fsp3) is 0.742. The lowest BCUT2D eigenvalue weighted by atomic mass is 9.59. The number of hydrogen-bond acceptors (Lipinski definition) is 10. The molecule has 2 aromatic carbocycles. The van der Waals surface area contributed by atoms with E-state index in [1.54, 1.807) is 0 Å². The van der Waals surface area contributed by atoms with Crippen molar-refractivity contribution in [3.63, 3.8) is 0 Å². The molecule has 8 fully saturated rings. The van der Waals surface area contributed by atoms with Crippen molar-refractivity contribution in [3.05, 3.63) is 68.7 Å². The summed E-state index contributed by atoms with van der Waals surface area (Å²) in [5.74, 6) is -0.860. The number of rotatable bonds is 16. The van der Waals surface area contributed by atoms with Gasteiger partial charge in [-0.2, -0.15) is 0 Å². The topological polar surface area (TPSA) is 170 Å². The van der Waals surface area contributed by atoms with Gasteiger partial charge in [-0.3, -0.25) is 19.2 Å². The summed E-state index contributed by atoms with van der Waals surface area (Å²) in [5, 5.41) is 29.4. The number of aliphatic hydroxyl groups excluding tert-OH is 2. The molecule has 8 aliphatic rings. The van der Waals surface area contributed by atoms with Crippen molar-refractivity contribution >= 4 is 47.0 Å². The molecule has 6 aliphatic carbocycles. The summed E-state index contributed by atoms with van der Waals surface area (Å²) >= 11 is 13.7. The highest BCUT2D eigenvalue weighted by Crippen LogP contribution is 2.63. The van der Waals surface area contributed by atoms with Crippen molar-refractivity contribution in [2.75, 3.05) is 40.6 Å². The van der Waals surface area contributed by atoms with Crippen molar-refractivity contribution in [2.24, 2.45) is 45.3 Å². The molecule has 10 rings (SSSR count). The second kappa shape index (κ2) is 21.7. The third kappa shape index (κ3) is 11.8. The average Bonchev–Trinajstić information content (AvgIpc) is 4.09. The lowest BCUT2D eigenvalue weighted by Gasteiger charge is -2.53. The number of aryl methyl sites for hydroxylation is 2. The van der Waals surface area contributed by atoms with Gasteiger partial charge in [-0.25, -0.2) is 0 Å². The zero-order valence-electron chi connectivity index (χ0n) is 48.4. The van der Waals surface area contributed by atoms with E-state index in [9.17, 15) is 29.4 Å². The summed E-state index contributed by atoms with van der Waals surface area (Å²) in [6, 6.07) is 12.3. The van der Waals surface area contributed by atoms with Gasteiger partial charge in [0.2, 0.25) is 11.8 Å². The van der Waals surface area contributed by atoms with Crippen molar-refractivity contribution in [3.8, 4) is 0 Å². The number of methoxy groups -OCH3 is 2. The van der Waals surface area contributed by atoms with Gasteiger partial charge >= 0.3 is 11.9 Å². The number of carbonyl (C=O) groups is 4. The van der Waals surface area contributed by atoms with E-state index in [4.69, 9.17) is 42.1 Å². The number of esters is 2. The van der Waals surface area contributed by atoms with E-state index >= 15 is 0 Å². The number of nitrogens with one attached hydrogen (secondary N) is 2. The van der Waals surface area contributed by atoms with E-state index in [0.717, 1.165) is 73.6 Å². The molecule has 0 radical (unpaired) electrons. The number of fused-ring (bicyclic) bond motifs is 2. The Morgan fingerprint density at radius 2 is 0.947 bits per heavy atom. The number of ether oxygens (including phenoxy) is 4. The van der Waals surface area contributed by atoms with Gasteiger partial charge < -0.3 is 39.8 Å². The third-order valence-electron chi connectivity index (χ3n) is 20.0. The predicted octanol–water partition coefficient (Wildman–Crippen LogP) is 11.2. The van der Waals surface area contributed by atoms with Gasteiger partial charge in [0.25, 0.3) is 0 Å². The second-order valence-electron chi connectivity index (χ2n) is 28.2. The van der Waals surface area contributed by atoms with Crippen LogP contribution in [0.15, 0.2) is 36.4 Å². The van der Waals surface area contributed by atoms with E-state index in [-0.39, 0.29) is 95.4 Å². The highest BCUT2D eigenvalue weighted by atomic mass is 35.5. The van der Waals surface area contributed by atoms with Crippen molar-refractivity contribution in [2.45, 2.75) is 206 Å². The Labute approximate surface area is 464 Å². The largest absolute Gasteiger partial charge is 0.469 e. The normalized spacial score (nSPS) is 33.9. The fourth-order valence-corrected chi connectivity index (χ4v) is 15.2. The average molecular weight is 1100 g/mol. The Balaban J connectivity index is 0.000000221. The number of hydrogen-bond donors (Lipinski definition) is 4. The number of benzene rings is 2. The van der Waals surface area contributed by atoms with Crippen LogP contribution in [-0.4, -0.2) is 96.9 Å². The van der Waals surface area contributed by atoms with Gasteiger partial charge in [0.1, 0.15) is 0 Å². The molecular weight excluding hydrogens is 1000 g/mol. The monoisotopic (exact) mass is 1090 g/mol. The predicted molar refractivity (Wildman–Crippen MR) is 298 cm³/mol. The summed E-state index contributed by atoms with van der Waals surface area (Å²) in [6.07, 6.45) is 9.70. The maximum absolute atomic E-state index is 13.7. The van der Waals surface area contributed by atoms with E-state index in [0.29, 0.717) is 48.9 Å². The van der Waals surface area contributed by atoms with E-state index in [1.165, 1.54) is 14.2 Å². The van der Waals surface area contributed by atoms with E-state index in [2.05, 4.69) is 90.3 Å². The van der Waals surface area contributed by atoms with Crippen LogP contribution in [0, 0.1) is 45.3 Å². The molecule has 0 aromatic heterocycles. The molecule has 424 valence electrons. The second-order valence-corrected chi connectivity index (χ2v) is 29.1. The lowest BCUT2D eigenvalue weighted by Crippen LogP contribution is -2.61. The lowest BCUT2D eigenvalue weighted by molar-refractivity contribution is -0.170. The molecule has 76 heavy (non-hydrogen) atoms. The molecule has 2 heterocycles. The van der Waals surface area contributed by atoms with Crippen molar-refractivity contribution < 1.29 is 48.3 Å². The Hall–Kier alpha value is -3.26. The molecule has 5 unspecified atom stereocenters. The highest BCUT2D eigenvalue weighted by Gasteiger charge is 2.67. The maximum atomic E-state index is 13.7. The fourth-order valence-electron chi connectivity index (χ4n) is 14.6. The molecule has 4 bridgehead atoms. The molecule has 2 aliphatic heterocycles. The minimum absolute atomic E-state index is 0.00807. The summed E-state index contributed by atoms with van der Waals surface area (Å²) in [5.41, 5.74) is 0.546. The van der Waals surface area contributed by atoms with Gasteiger partial charge in [-0.05, 0) is 174 Å². The number of carbonyl (C=O) groups excluding carboxylic acids is 4. The molecule has 6 saturated carbocycles. The Bertz CT molecular complexity index is 2310. The quantitative estimate of drug-likeness (QED) is 0.119. The van der Waals surface area contributed by atoms with Gasteiger partial charge in [0, 0.05) is 58.0 Å². The summed E-state index contributed by atoms with van der Waals surface area (Å²) < 4.78 is 22.9. The molecule has 2 amide bonds. The molecule has 0 spiro atoms. The van der Waals surface area contributed by atoms with Crippen LogP contribution in [0.1, 0.15) is 182 Å².